The first-order chi connectivity index (χ1) is 7.70. The minimum atomic E-state index is -1.83. The minimum absolute atomic E-state index is 0. The Morgan fingerprint density at radius 3 is 0.944 bits per heavy atom. The summed E-state index contributed by atoms with van der Waals surface area (Å²) in [7, 11) is 0. The average molecular weight is 294 g/mol. The van der Waals surface area contributed by atoms with Crippen LogP contribution in [0.4, 0.5) is 14.4 Å². The van der Waals surface area contributed by atoms with Gasteiger partial charge in [-0.25, -0.2) is 14.4 Å². The second kappa shape index (κ2) is 21.1. The Morgan fingerprint density at radius 1 is 0.722 bits per heavy atom. The van der Waals surface area contributed by atoms with Gasteiger partial charge in [-0.15, -0.1) is 0 Å². The van der Waals surface area contributed by atoms with Gasteiger partial charge in [-0.2, -0.15) is 0 Å². The summed E-state index contributed by atoms with van der Waals surface area (Å²) < 4.78 is 4.58. The van der Waals surface area contributed by atoms with E-state index in [9.17, 15) is 0 Å². The van der Waals surface area contributed by atoms with Crippen LogP contribution in [-0.4, -0.2) is 49.1 Å². The predicted octanol–water partition coefficient (Wildman–Crippen LogP) is -0.937. The standard InChI is InChI=1S/C4H4O.3CH2O3.K.H/c1-2-4-5-3-1;3*2-1(3)4;;/h1-4H;3*(H2,2,3,4);;/q;;;;+1;-1. The third-order valence-corrected chi connectivity index (χ3v) is 0.425. The van der Waals surface area contributed by atoms with E-state index >= 15 is 0 Å². The van der Waals surface area contributed by atoms with Crippen LogP contribution in [0.5, 0.6) is 0 Å². The van der Waals surface area contributed by atoms with Gasteiger partial charge in [-0.3, -0.25) is 0 Å². The van der Waals surface area contributed by atoms with Gasteiger partial charge in [0, 0.05) is 0 Å². The van der Waals surface area contributed by atoms with E-state index in [1.165, 1.54) is 0 Å². The molecule has 1 aromatic rings. The van der Waals surface area contributed by atoms with Crippen LogP contribution in [0.3, 0.4) is 0 Å². The topological polar surface area (TPSA) is 186 Å². The van der Waals surface area contributed by atoms with E-state index in [0.717, 1.165) is 0 Å². The van der Waals surface area contributed by atoms with Gasteiger partial charge in [0.25, 0.3) is 0 Å². The van der Waals surface area contributed by atoms with E-state index in [4.69, 9.17) is 45.0 Å². The smallest absolute Gasteiger partial charge is 1.00 e. The molecule has 0 spiro atoms. The Hall–Kier alpha value is -1.27. The molecule has 0 aliphatic carbocycles. The zero-order chi connectivity index (χ0) is 14.3. The van der Waals surface area contributed by atoms with E-state index in [1.807, 2.05) is 12.1 Å². The molecule has 18 heavy (non-hydrogen) atoms. The fourth-order valence-electron chi connectivity index (χ4n) is 0.227. The summed E-state index contributed by atoms with van der Waals surface area (Å²) in [6.07, 6.45) is -2.25. The maximum absolute atomic E-state index is 8.56. The predicted molar refractivity (Wildman–Crippen MR) is 51.8 cm³/mol. The molecule has 1 aromatic heterocycles. The molecule has 6 N–H and O–H groups in total. The van der Waals surface area contributed by atoms with Crippen molar-refractivity contribution in [2.75, 3.05) is 0 Å². The summed E-state index contributed by atoms with van der Waals surface area (Å²) in [4.78, 5) is 25.7. The molecule has 0 aliphatic heterocycles. The Kier molecular flexibility index (Phi) is 29.9. The SMILES string of the molecule is O=C(O)O.O=C(O)O.O=C(O)O.[H-].[K+].c1ccoc1. The van der Waals surface area contributed by atoms with Crippen molar-refractivity contribution in [2.45, 2.75) is 0 Å². The molecule has 0 saturated carbocycles. The molecule has 0 fully saturated rings. The molecule has 0 unspecified atom stereocenters. The quantitative estimate of drug-likeness (QED) is 0.326. The van der Waals surface area contributed by atoms with Crippen LogP contribution in [0, 0.1) is 0 Å². The van der Waals surface area contributed by atoms with Gasteiger partial charge < -0.3 is 36.5 Å². The molecule has 0 amide bonds. The van der Waals surface area contributed by atoms with Gasteiger partial charge >= 0.3 is 69.9 Å². The van der Waals surface area contributed by atoms with Crippen LogP contribution in [-0.2, 0) is 0 Å². The molecule has 0 radical (unpaired) electrons. The van der Waals surface area contributed by atoms with Crippen molar-refractivity contribution in [3.63, 3.8) is 0 Å². The van der Waals surface area contributed by atoms with E-state index in [1.54, 1.807) is 12.5 Å². The molecule has 0 aliphatic rings. The normalized spacial score (nSPS) is 6.22. The van der Waals surface area contributed by atoms with Gasteiger partial charge in [-0.1, -0.05) is 0 Å². The second-order valence-corrected chi connectivity index (χ2v) is 1.64. The van der Waals surface area contributed by atoms with Gasteiger partial charge in [0.2, 0.25) is 0 Å². The summed E-state index contributed by atoms with van der Waals surface area (Å²) in [6.45, 7) is 0. The number of rotatable bonds is 0. The molecular weight excluding hydrogens is 283 g/mol. The molecule has 1 rings (SSSR count). The van der Waals surface area contributed by atoms with E-state index in [-0.39, 0.29) is 52.8 Å². The number of hydrogen-bond acceptors (Lipinski definition) is 4. The molecule has 100 valence electrons. The van der Waals surface area contributed by atoms with Crippen LogP contribution in [0.25, 0.3) is 0 Å². The first-order valence-corrected chi connectivity index (χ1v) is 3.43. The van der Waals surface area contributed by atoms with Crippen LogP contribution in [0.15, 0.2) is 29.1 Å². The molecule has 10 nitrogen and oxygen atoms in total. The molecule has 0 bridgehead atoms. The Bertz CT molecular complexity index is 243. The van der Waals surface area contributed by atoms with Crippen molar-refractivity contribution in [3.8, 4) is 0 Å². The number of furan rings is 1. The van der Waals surface area contributed by atoms with Gasteiger partial charge in [0.15, 0.2) is 0 Å². The summed E-state index contributed by atoms with van der Waals surface area (Å²) in [5.41, 5.74) is 0. The molecule has 0 atom stereocenters. The van der Waals surface area contributed by atoms with Gasteiger partial charge in [-0.05, 0) is 12.1 Å². The third kappa shape index (κ3) is 200. The number of hydrogen-bond donors (Lipinski definition) is 6. The van der Waals surface area contributed by atoms with E-state index < -0.39 is 18.5 Å². The molecular formula is C7H11KO10. The third-order valence-electron chi connectivity index (χ3n) is 0.425. The van der Waals surface area contributed by atoms with Gasteiger partial charge in [0.1, 0.15) is 0 Å². The van der Waals surface area contributed by atoms with Crippen molar-refractivity contribution in [1.82, 2.24) is 0 Å². The first kappa shape index (κ1) is 25.5. The van der Waals surface area contributed by atoms with Crippen molar-refractivity contribution in [2.24, 2.45) is 0 Å². The molecule has 11 heteroatoms. The Morgan fingerprint density at radius 2 is 0.889 bits per heavy atom. The minimum Gasteiger partial charge on any atom is -1.00 e. The number of carbonyl (C=O) groups is 3. The van der Waals surface area contributed by atoms with Crippen molar-refractivity contribution in [3.05, 3.63) is 24.7 Å². The Labute approximate surface area is 144 Å². The largest absolute Gasteiger partial charge is 1.00 e. The maximum Gasteiger partial charge on any atom is 1.00 e. The van der Waals surface area contributed by atoms with Crippen LogP contribution in [0.2, 0.25) is 0 Å². The second-order valence-electron chi connectivity index (χ2n) is 1.64. The summed E-state index contributed by atoms with van der Waals surface area (Å²) in [5.74, 6) is 0. The molecule has 1 heterocycles. The van der Waals surface area contributed by atoms with Gasteiger partial charge in [0.05, 0.1) is 12.5 Å². The van der Waals surface area contributed by atoms with Crippen LogP contribution < -0.4 is 51.4 Å². The van der Waals surface area contributed by atoms with Crippen molar-refractivity contribution < 1.29 is 102 Å². The van der Waals surface area contributed by atoms with E-state index in [2.05, 4.69) is 4.42 Å². The van der Waals surface area contributed by atoms with Crippen molar-refractivity contribution in [1.29, 1.82) is 0 Å². The van der Waals surface area contributed by atoms with Crippen molar-refractivity contribution >= 4 is 18.5 Å². The summed E-state index contributed by atoms with van der Waals surface area (Å²) in [6, 6.07) is 3.67. The van der Waals surface area contributed by atoms with Crippen LogP contribution in [0.1, 0.15) is 1.43 Å². The first-order valence-electron chi connectivity index (χ1n) is 3.43. The zero-order valence-corrected chi connectivity index (χ0v) is 12.2. The molecule has 0 saturated heterocycles. The number of carboxylic acid groups (broad SMARTS) is 6. The summed E-state index contributed by atoms with van der Waals surface area (Å²) >= 11 is 0. The van der Waals surface area contributed by atoms with E-state index in [0.29, 0.717) is 0 Å². The summed E-state index contributed by atoms with van der Waals surface area (Å²) in [5, 5.41) is 41.8. The fourth-order valence-corrected chi connectivity index (χ4v) is 0.227. The monoisotopic (exact) mass is 294 g/mol. The Balaban J connectivity index is -0.0000000447. The average Bonchev–Trinajstić information content (AvgIpc) is 2.53. The van der Waals surface area contributed by atoms with Crippen LogP contribution >= 0.6 is 0 Å². The molecule has 0 aromatic carbocycles. The zero-order valence-electron chi connectivity index (χ0n) is 10.1. The fraction of sp³-hybridized carbons (Fsp3) is 0. The maximum atomic E-state index is 8.56.